The molecule has 0 radical (unpaired) electrons. The van der Waals surface area contributed by atoms with E-state index in [-0.39, 0.29) is 40.8 Å². The van der Waals surface area contributed by atoms with Gasteiger partial charge in [0.25, 0.3) is 11.5 Å². The fourth-order valence-electron chi connectivity index (χ4n) is 3.95. The van der Waals surface area contributed by atoms with Crippen molar-refractivity contribution in [3.8, 4) is 12.3 Å². The topological polar surface area (TPSA) is 170 Å². The number of rotatable bonds is 10. The number of carbonyl (C=O) groups excluding carboxylic acids is 1. The zero-order valence-electron chi connectivity index (χ0n) is 20.9. The molecule has 4 aromatic rings. The van der Waals surface area contributed by atoms with Gasteiger partial charge in [0.2, 0.25) is 5.16 Å². The molecule has 0 aliphatic rings. The molecule has 0 saturated heterocycles. The van der Waals surface area contributed by atoms with E-state index in [1.165, 1.54) is 23.1 Å². The number of thioether (sulfide) groups is 1. The Morgan fingerprint density at radius 1 is 1.31 bits per heavy atom. The van der Waals surface area contributed by atoms with Gasteiger partial charge in [-0.3, -0.25) is 9.59 Å². The van der Waals surface area contributed by atoms with Crippen molar-refractivity contribution in [2.45, 2.75) is 31.6 Å². The second kappa shape index (κ2) is 11.7. The molecule has 0 saturated carbocycles. The number of amides is 1. The van der Waals surface area contributed by atoms with Crippen LogP contribution in [0, 0.1) is 32.0 Å². The monoisotopic (exact) mass is 550 g/mol. The van der Waals surface area contributed by atoms with Gasteiger partial charge >= 0.3 is 5.97 Å². The maximum Gasteiger partial charge on any atom is 0.327 e. The summed E-state index contributed by atoms with van der Waals surface area (Å²) in [7, 11) is 0. The maximum atomic E-state index is 15.3. The second-order valence-electron chi connectivity index (χ2n) is 8.51. The molecular formula is C25H23FN8O4S. The summed E-state index contributed by atoms with van der Waals surface area (Å²) in [5.41, 5.74) is 1.46. The van der Waals surface area contributed by atoms with Gasteiger partial charge in [0.15, 0.2) is 0 Å². The molecule has 0 aliphatic heterocycles. The number of hydrogen-bond acceptors (Lipinski definition) is 9. The third kappa shape index (κ3) is 6.21. The number of aromatic nitrogens is 6. The van der Waals surface area contributed by atoms with Crippen molar-refractivity contribution in [1.82, 2.24) is 35.9 Å². The van der Waals surface area contributed by atoms with Gasteiger partial charge in [-0.2, -0.15) is 5.21 Å². The number of tetrazole rings is 1. The largest absolute Gasteiger partial charge is 0.480 e. The number of H-pyrrole nitrogens is 2. The molecule has 1 amide bonds. The Labute approximate surface area is 225 Å². The summed E-state index contributed by atoms with van der Waals surface area (Å²) >= 11 is 0.973. The first kappa shape index (κ1) is 27.3. The maximum absolute atomic E-state index is 15.3. The van der Waals surface area contributed by atoms with E-state index in [1.807, 2.05) is 6.92 Å². The summed E-state index contributed by atoms with van der Waals surface area (Å²) in [6, 6.07) is 6.00. The first-order valence-corrected chi connectivity index (χ1v) is 12.5. The number of carboxylic acid groups (broad SMARTS) is 1. The molecule has 2 aromatic carbocycles. The van der Waals surface area contributed by atoms with Gasteiger partial charge in [0, 0.05) is 12.3 Å². The van der Waals surface area contributed by atoms with Crippen molar-refractivity contribution in [1.29, 1.82) is 0 Å². The molecule has 0 aliphatic carbocycles. The Morgan fingerprint density at radius 2 is 2.10 bits per heavy atom. The molecule has 4 rings (SSSR count). The van der Waals surface area contributed by atoms with Gasteiger partial charge in [-0.25, -0.2) is 14.2 Å². The lowest BCUT2D eigenvalue weighted by atomic mass is 10.0. The fourth-order valence-corrected chi connectivity index (χ4v) is 4.70. The molecule has 0 unspecified atom stereocenters. The number of nitrogens with zero attached hydrogens (tertiary/aromatic N) is 5. The lowest BCUT2D eigenvalue weighted by molar-refractivity contribution is -0.138. The number of aryl methyl sites for hydroxylation is 2. The standard InChI is InChI=1S/C25H23FN8O4S/c1-4-8-34(11-15-10-17-19(9-13(15)2)27-14(3)28-23(17)36)21-16(6-5-7-18(21)26)22(35)29-20(24(37)38)12-39-25-30-32-33-31-25/h1,5-7,9-10,20H,8,11-12H2,2-3H3,(H,29,35)(H,37,38)(H,27,28,36)(H,30,31,32,33)/t20-/m0/s1. The second-order valence-corrected chi connectivity index (χ2v) is 9.50. The minimum absolute atomic E-state index is 0.0660. The van der Waals surface area contributed by atoms with Crippen LogP contribution in [0.2, 0.25) is 0 Å². The number of aliphatic carboxylic acids is 1. The Morgan fingerprint density at radius 3 is 2.79 bits per heavy atom. The highest BCUT2D eigenvalue weighted by Gasteiger charge is 2.26. The summed E-state index contributed by atoms with van der Waals surface area (Å²) in [4.78, 5) is 46.1. The SMILES string of the molecule is C#CCN(Cc1cc2c(=O)[nH]c(C)nc2cc1C)c1c(F)cccc1C(=O)N[C@@H](CSc1nn[nH]n1)C(=O)O. The number of halogens is 1. The molecule has 14 heteroatoms. The van der Waals surface area contributed by atoms with Gasteiger partial charge < -0.3 is 20.3 Å². The Bertz CT molecular complexity index is 1630. The van der Waals surface area contributed by atoms with Crippen LogP contribution in [-0.2, 0) is 11.3 Å². The summed E-state index contributed by atoms with van der Waals surface area (Å²) in [5, 5.41) is 25.8. The minimum Gasteiger partial charge on any atom is -0.480 e. The van der Waals surface area contributed by atoms with Crippen molar-refractivity contribution < 1.29 is 19.1 Å². The molecule has 2 heterocycles. The highest BCUT2D eigenvalue weighted by Crippen LogP contribution is 2.28. The molecule has 2 aromatic heterocycles. The number of terminal acetylenes is 1. The van der Waals surface area contributed by atoms with Crippen LogP contribution < -0.4 is 15.8 Å². The first-order valence-electron chi connectivity index (χ1n) is 11.5. The number of benzene rings is 2. The highest BCUT2D eigenvalue weighted by molar-refractivity contribution is 7.99. The van der Waals surface area contributed by atoms with E-state index in [0.29, 0.717) is 22.3 Å². The molecule has 39 heavy (non-hydrogen) atoms. The van der Waals surface area contributed by atoms with Crippen molar-refractivity contribution in [2.24, 2.45) is 0 Å². The van der Waals surface area contributed by atoms with Gasteiger partial charge in [0.05, 0.1) is 28.7 Å². The smallest absolute Gasteiger partial charge is 0.327 e. The lowest BCUT2D eigenvalue weighted by Crippen LogP contribution is -2.43. The number of hydrogen-bond donors (Lipinski definition) is 4. The molecular weight excluding hydrogens is 527 g/mol. The number of carboxylic acids is 1. The van der Waals surface area contributed by atoms with Crippen LogP contribution in [0.1, 0.15) is 27.3 Å². The van der Waals surface area contributed by atoms with E-state index in [4.69, 9.17) is 6.42 Å². The van der Waals surface area contributed by atoms with Crippen LogP contribution in [0.5, 0.6) is 0 Å². The van der Waals surface area contributed by atoms with E-state index >= 15 is 4.39 Å². The third-order valence-corrected chi connectivity index (χ3v) is 6.71. The van der Waals surface area contributed by atoms with Crippen molar-refractivity contribution in [2.75, 3.05) is 17.2 Å². The van der Waals surface area contributed by atoms with Crippen LogP contribution in [0.25, 0.3) is 10.9 Å². The molecule has 0 bridgehead atoms. The van der Waals surface area contributed by atoms with Gasteiger partial charge in [-0.05, 0) is 54.5 Å². The van der Waals surface area contributed by atoms with Gasteiger partial charge in [0.1, 0.15) is 17.7 Å². The zero-order valence-corrected chi connectivity index (χ0v) is 21.7. The van der Waals surface area contributed by atoms with Gasteiger partial charge in [-0.15, -0.1) is 16.6 Å². The Balaban J connectivity index is 1.66. The molecule has 0 fully saturated rings. The molecule has 200 valence electrons. The van der Waals surface area contributed by atoms with E-state index in [2.05, 4.69) is 41.8 Å². The first-order chi connectivity index (χ1) is 18.7. The van der Waals surface area contributed by atoms with Crippen LogP contribution in [0.15, 0.2) is 40.3 Å². The molecule has 0 spiro atoms. The van der Waals surface area contributed by atoms with E-state index in [0.717, 1.165) is 17.3 Å². The van der Waals surface area contributed by atoms with Crippen LogP contribution in [0.3, 0.4) is 0 Å². The molecule has 12 nitrogen and oxygen atoms in total. The fraction of sp³-hybridized carbons (Fsp3) is 0.240. The highest BCUT2D eigenvalue weighted by atomic mass is 32.2. The lowest BCUT2D eigenvalue weighted by Gasteiger charge is -2.27. The number of anilines is 1. The van der Waals surface area contributed by atoms with Crippen molar-refractivity contribution in [3.05, 3.63) is 69.0 Å². The van der Waals surface area contributed by atoms with Crippen LogP contribution >= 0.6 is 11.8 Å². The number of aromatic amines is 2. The minimum atomic E-state index is -1.33. The van der Waals surface area contributed by atoms with Crippen LogP contribution in [-0.4, -0.2) is 65.9 Å². The Hall–Kier alpha value is -4.77. The van der Waals surface area contributed by atoms with Crippen LogP contribution in [0.4, 0.5) is 10.1 Å². The van der Waals surface area contributed by atoms with E-state index in [9.17, 15) is 19.5 Å². The average molecular weight is 551 g/mol. The van der Waals surface area contributed by atoms with E-state index in [1.54, 1.807) is 19.1 Å². The van der Waals surface area contributed by atoms with Gasteiger partial charge in [-0.1, -0.05) is 23.7 Å². The molecule has 4 N–H and O–H groups in total. The summed E-state index contributed by atoms with van der Waals surface area (Å²) < 4.78 is 15.3. The normalized spacial score (nSPS) is 11.6. The number of para-hydroxylation sites is 1. The summed E-state index contributed by atoms with van der Waals surface area (Å²) in [6.07, 6.45) is 5.59. The van der Waals surface area contributed by atoms with E-state index < -0.39 is 23.7 Å². The average Bonchev–Trinajstić information content (AvgIpc) is 3.40. The van der Waals surface area contributed by atoms with Crippen molar-refractivity contribution in [3.63, 3.8) is 0 Å². The third-order valence-electron chi connectivity index (χ3n) is 5.78. The number of fused-ring (bicyclic) bond motifs is 1. The predicted molar refractivity (Wildman–Crippen MR) is 142 cm³/mol. The summed E-state index contributed by atoms with van der Waals surface area (Å²) in [5.74, 6) is 0.0335. The van der Waals surface area contributed by atoms with Crippen molar-refractivity contribution >= 4 is 40.2 Å². The predicted octanol–water partition coefficient (Wildman–Crippen LogP) is 1.81. The number of nitrogens with one attached hydrogen (secondary N) is 3. The summed E-state index contributed by atoms with van der Waals surface area (Å²) in [6.45, 7) is 3.50. The molecule has 1 atom stereocenters. The zero-order chi connectivity index (χ0) is 28.1. The number of carbonyl (C=O) groups is 2. The quantitative estimate of drug-likeness (QED) is 0.169. The Kier molecular flexibility index (Phi) is 8.21.